The number of pyridine rings is 1. The number of benzene rings is 1. The largest absolute Gasteiger partial charge is 0.253 e. The molecule has 3 rings (SSSR count). The summed E-state index contributed by atoms with van der Waals surface area (Å²) in [6.45, 7) is 0. The summed E-state index contributed by atoms with van der Waals surface area (Å²) in [5.41, 5.74) is 1.58. The Labute approximate surface area is 103 Å². The molecule has 0 N–H and O–H groups in total. The highest BCUT2D eigenvalue weighted by Gasteiger charge is 2.08. The summed E-state index contributed by atoms with van der Waals surface area (Å²) in [5.74, 6) is 0. The van der Waals surface area contributed by atoms with Crippen LogP contribution in [0.3, 0.4) is 0 Å². The topological polar surface area (TPSA) is 36.7 Å². The molecule has 0 aliphatic heterocycles. The van der Waals surface area contributed by atoms with E-state index in [1.165, 1.54) is 0 Å². The van der Waals surface area contributed by atoms with Gasteiger partial charge in [-0.15, -0.1) is 11.3 Å². The maximum Gasteiger partial charge on any atom is 0.101 e. The lowest BCUT2D eigenvalue weighted by molar-refractivity contribution is 1.34. The molecule has 80 valence electrons. The lowest BCUT2D eigenvalue weighted by Gasteiger charge is -2.04. The third-order valence-electron chi connectivity index (χ3n) is 2.67. The highest BCUT2D eigenvalue weighted by atomic mass is 32.1. The fraction of sp³-hybridized carbons (Fsp3) is 0. The Hall–Kier alpha value is -2.18. The first-order valence-electron chi connectivity index (χ1n) is 5.22. The van der Waals surface area contributed by atoms with Gasteiger partial charge in [-0.1, -0.05) is 30.3 Å². The van der Waals surface area contributed by atoms with Crippen LogP contribution in [-0.2, 0) is 0 Å². The second-order valence-electron chi connectivity index (χ2n) is 3.66. The van der Waals surface area contributed by atoms with Crippen molar-refractivity contribution in [3.8, 4) is 16.6 Å². The summed E-state index contributed by atoms with van der Waals surface area (Å²) in [4.78, 5) is 5.54. The Morgan fingerprint density at radius 1 is 1.06 bits per heavy atom. The van der Waals surface area contributed by atoms with E-state index in [-0.39, 0.29) is 0 Å². The zero-order valence-corrected chi connectivity index (χ0v) is 9.74. The molecule has 17 heavy (non-hydrogen) atoms. The van der Waals surface area contributed by atoms with E-state index < -0.39 is 0 Å². The van der Waals surface area contributed by atoms with Gasteiger partial charge in [0.1, 0.15) is 6.07 Å². The van der Waals surface area contributed by atoms with E-state index in [0.717, 1.165) is 21.3 Å². The molecule has 1 aromatic carbocycles. The summed E-state index contributed by atoms with van der Waals surface area (Å²) < 4.78 is 0. The molecule has 0 fully saturated rings. The molecular formula is C14H8N2S. The van der Waals surface area contributed by atoms with Crippen LogP contribution in [0.15, 0.2) is 48.0 Å². The molecule has 0 aliphatic rings. The number of hydrogen-bond acceptors (Lipinski definition) is 3. The van der Waals surface area contributed by atoms with Crippen molar-refractivity contribution >= 4 is 22.1 Å². The van der Waals surface area contributed by atoms with Crippen LogP contribution in [0.1, 0.15) is 5.56 Å². The SMILES string of the molecule is N#Cc1cnc(-c2cccs2)c2ccccc12. The second-order valence-corrected chi connectivity index (χ2v) is 4.60. The van der Waals surface area contributed by atoms with Gasteiger partial charge in [0.2, 0.25) is 0 Å². The molecule has 3 heteroatoms. The fourth-order valence-corrected chi connectivity index (χ4v) is 2.63. The average Bonchev–Trinajstić information content (AvgIpc) is 2.91. The van der Waals surface area contributed by atoms with Crippen molar-refractivity contribution in [1.29, 1.82) is 5.26 Å². The second kappa shape index (κ2) is 4.00. The van der Waals surface area contributed by atoms with Gasteiger partial charge in [0.15, 0.2) is 0 Å². The minimum absolute atomic E-state index is 0.626. The summed E-state index contributed by atoms with van der Waals surface area (Å²) in [7, 11) is 0. The number of nitriles is 1. The van der Waals surface area contributed by atoms with Crippen molar-refractivity contribution in [2.45, 2.75) is 0 Å². The molecule has 0 radical (unpaired) electrons. The van der Waals surface area contributed by atoms with Gasteiger partial charge >= 0.3 is 0 Å². The van der Waals surface area contributed by atoms with Gasteiger partial charge in [-0.05, 0) is 11.4 Å². The third-order valence-corrected chi connectivity index (χ3v) is 3.55. The average molecular weight is 236 g/mol. The highest BCUT2D eigenvalue weighted by molar-refractivity contribution is 7.13. The van der Waals surface area contributed by atoms with Crippen LogP contribution < -0.4 is 0 Å². The van der Waals surface area contributed by atoms with Gasteiger partial charge in [-0.25, -0.2) is 0 Å². The normalized spacial score (nSPS) is 10.3. The number of nitrogens with zero attached hydrogens (tertiary/aromatic N) is 2. The Bertz CT molecular complexity index is 709. The number of rotatable bonds is 1. The van der Waals surface area contributed by atoms with Crippen molar-refractivity contribution < 1.29 is 0 Å². The molecule has 0 unspecified atom stereocenters. The number of fused-ring (bicyclic) bond motifs is 1. The maximum atomic E-state index is 9.07. The standard InChI is InChI=1S/C14H8N2S/c15-8-10-9-16-14(13-6-3-7-17-13)12-5-2-1-4-11(10)12/h1-7,9H. The maximum absolute atomic E-state index is 9.07. The minimum atomic E-state index is 0.626. The van der Waals surface area contributed by atoms with Crippen molar-refractivity contribution in [3.63, 3.8) is 0 Å². The van der Waals surface area contributed by atoms with Crippen molar-refractivity contribution in [2.24, 2.45) is 0 Å². The molecule has 0 aliphatic carbocycles. The predicted molar refractivity (Wildman–Crippen MR) is 69.8 cm³/mol. The first-order valence-corrected chi connectivity index (χ1v) is 6.10. The smallest absolute Gasteiger partial charge is 0.101 e. The molecule has 2 nitrogen and oxygen atoms in total. The van der Waals surface area contributed by atoms with Crippen LogP contribution >= 0.6 is 11.3 Å². The lowest BCUT2D eigenvalue weighted by atomic mass is 10.1. The van der Waals surface area contributed by atoms with Crippen molar-refractivity contribution in [1.82, 2.24) is 4.98 Å². The number of hydrogen-bond donors (Lipinski definition) is 0. The van der Waals surface area contributed by atoms with Gasteiger partial charge in [0.25, 0.3) is 0 Å². The zero-order valence-electron chi connectivity index (χ0n) is 8.92. The summed E-state index contributed by atoms with van der Waals surface area (Å²) >= 11 is 1.66. The Morgan fingerprint density at radius 2 is 1.88 bits per heavy atom. The molecule has 0 atom stereocenters. The summed E-state index contributed by atoms with van der Waals surface area (Å²) in [5, 5.41) is 13.1. The van der Waals surface area contributed by atoms with Gasteiger partial charge in [-0.2, -0.15) is 5.26 Å². The molecule has 0 spiro atoms. The quantitative estimate of drug-likeness (QED) is 0.643. The van der Waals surface area contributed by atoms with Crippen LogP contribution in [0.25, 0.3) is 21.3 Å². The predicted octanol–water partition coefficient (Wildman–Crippen LogP) is 3.83. The molecule has 0 amide bonds. The number of aromatic nitrogens is 1. The minimum Gasteiger partial charge on any atom is -0.253 e. The molecule has 0 saturated carbocycles. The molecule has 3 aromatic rings. The first-order chi connectivity index (χ1) is 8.40. The van der Waals surface area contributed by atoms with Crippen LogP contribution in [-0.4, -0.2) is 4.98 Å². The van der Waals surface area contributed by atoms with Gasteiger partial charge in [-0.3, -0.25) is 4.98 Å². The van der Waals surface area contributed by atoms with Gasteiger partial charge in [0, 0.05) is 17.0 Å². The fourth-order valence-electron chi connectivity index (χ4n) is 1.89. The Morgan fingerprint density at radius 3 is 2.59 bits per heavy atom. The Kier molecular flexibility index (Phi) is 2.36. The van der Waals surface area contributed by atoms with E-state index in [1.54, 1.807) is 17.5 Å². The van der Waals surface area contributed by atoms with E-state index in [0.29, 0.717) is 5.56 Å². The van der Waals surface area contributed by atoms with E-state index >= 15 is 0 Å². The van der Waals surface area contributed by atoms with Crippen LogP contribution in [0.5, 0.6) is 0 Å². The summed E-state index contributed by atoms with van der Waals surface area (Å²) in [6.07, 6.45) is 1.65. The highest BCUT2D eigenvalue weighted by Crippen LogP contribution is 2.30. The first kappa shape index (κ1) is 10.0. The van der Waals surface area contributed by atoms with Crippen LogP contribution in [0.4, 0.5) is 0 Å². The monoisotopic (exact) mass is 236 g/mol. The Balaban J connectivity index is 2.40. The molecule has 0 saturated heterocycles. The van der Waals surface area contributed by atoms with E-state index in [9.17, 15) is 0 Å². The van der Waals surface area contributed by atoms with E-state index in [4.69, 9.17) is 5.26 Å². The van der Waals surface area contributed by atoms with Crippen molar-refractivity contribution in [3.05, 3.63) is 53.5 Å². The van der Waals surface area contributed by atoms with E-state index in [2.05, 4.69) is 11.1 Å². The van der Waals surface area contributed by atoms with Gasteiger partial charge < -0.3 is 0 Å². The van der Waals surface area contributed by atoms with Gasteiger partial charge in [0.05, 0.1) is 16.1 Å². The zero-order chi connectivity index (χ0) is 11.7. The molecule has 2 heterocycles. The number of thiophene rings is 1. The molecule has 0 bridgehead atoms. The summed E-state index contributed by atoms with van der Waals surface area (Å²) in [6, 6.07) is 14.1. The van der Waals surface area contributed by atoms with E-state index in [1.807, 2.05) is 41.8 Å². The van der Waals surface area contributed by atoms with Crippen molar-refractivity contribution in [2.75, 3.05) is 0 Å². The van der Waals surface area contributed by atoms with Crippen LogP contribution in [0, 0.1) is 11.3 Å². The molecule has 2 aromatic heterocycles. The lowest BCUT2D eigenvalue weighted by Crippen LogP contribution is -1.87. The third kappa shape index (κ3) is 1.59. The van der Waals surface area contributed by atoms with Crippen LogP contribution in [0.2, 0.25) is 0 Å². The molecular weight excluding hydrogens is 228 g/mol.